The molecule has 216 valence electrons. The van der Waals surface area contributed by atoms with Gasteiger partial charge in [0, 0.05) is 32.9 Å². The van der Waals surface area contributed by atoms with E-state index in [1.807, 2.05) is 18.5 Å². The van der Waals surface area contributed by atoms with Crippen molar-refractivity contribution in [2.45, 2.75) is 6.42 Å². The Morgan fingerprint density at radius 3 is 2.39 bits per heavy atom. The van der Waals surface area contributed by atoms with Gasteiger partial charge >= 0.3 is 0 Å². The van der Waals surface area contributed by atoms with Crippen LogP contribution in [-0.4, -0.2) is 14.1 Å². The van der Waals surface area contributed by atoms with Crippen molar-refractivity contribution in [1.82, 2.24) is 14.1 Å². The van der Waals surface area contributed by atoms with Crippen molar-refractivity contribution < 1.29 is 4.42 Å². The summed E-state index contributed by atoms with van der Waals surface area (Å²) >= 11 is 0. The smallest absolute Gasteiger partial charge is 0.145 e. The van der Waals surface area contributed by atoms with E-state index in [0.29, 0.717) is 5.92 Å². The van der Waals surface area contributed by atoms with Crippen molar-refractivity contribution in [3.8, 4) is 16.8 Å². The molecular weight excluding hydrogens is 562 g/mol. The van der Waals surface area contributed by atoms with Crippen molar-refractivity contribution in [2.24, 2.45) is 11.8 Å². The van der Waals surface area contributed by atoms with E-state index in [1.165, 1.54) is 39.5 Å². The molecule has 11 rings (SSSR count). The van der Waals surface area contributed by atoms with Crippen LogP contribution in [0.15, 0.2) is 144 Å². The highest BCUT2D eigenvalue weighted by molar-refractivity contribution is 6.25. The van der Waals surface area contributed by atoms with Crippen LogP contribution in [0, 0.1) is 11.8 Å². The van der Waals surface area contributed by atoms with Crippen LogP contribution in [0.25, 0.3) is 88.1 Å². The number of rotatable bonds is 3. The number of fused-ring (bicyclic) bond motifs is 11. The van der Waals surface area contributed by atoms with E-state index in [0.717, 1.165) is 60.9 Å². The summed E-state index contributed by atoms with van der Waals surface area (Å²) in [5.41, 5.74) is 11.0. The monoisotopic (exact) mass is 589 g/mol. The van der Waals surface area contributed by atoms with Crippen LogP contribution in [0.5, 0.6) is 0 Å². The molecule has 4 nitrogen and oxygen atoms in total. The minimum atomic E-state index is 0.680. The molecule has 3 aromatic heterocycles. The maximum absolute atomic E-state index is 6.68. The molecule has 9 aromatic rings. The van der Waals surface area contributed by atoms with Crippen molar-refractivity contribution >= 4 is 71.2 Å². The second-order valence-corrected chi connectivity index (χ2v) is 12.8. The summed E-state index contributed by atoms with van der Waals surface area (Å²) in [7, 11) is 0. The summed E-state index contributed by atoms with van der Waals surface area (Å²) < 4.78 is 11.3. The lowest BCUT2D eigenvalue weighted by Gasteiger charge is -2.13. The summed E-state index contributed by atoms with van der Waals surface area (Å²) in [6.07, 6.45) is 10.4. The van der Waals surface area contributed by atoms with Gasteiger partial charge in [0.15, 0.2) is 0 Å². The largest absolute Gasteiger partial charge is 0.455 e. The lowest BCUT2D eigenvalue weighted by molar-refractivity contribution is 0.673. The molecule has 0 amide bonds. The predicted octanol–water partition coefficient (Wildman–Crippen LogP) is 10.9. The summed E-state index contributed by atoms with van der Waals surface area (Å²) in [6.45, 7) is 0. The number of nitrogens with zero attached hydrogens (tertiary/aromatic N) is 3. The standard InChI is InChI=1S/C42H27N3O/c1-2-8-28(9-3-1)44-24-43-36-23-34(32-17-18-33-31-11-5-7-13-39(31)46-42(33)40(32)41(36)44)26-15-19-38-35(22-26)30-10-4-6-12-37(30)45(38)29-16-14-25-20-27(25)21-29/h1-19,21-25,27H,20H2. The maximum atomic E-state index is 6.68. The highest BCUT2D eigenvalue weighted by Gasteiger charge is 2.35. The predicted molar refractivity (Wildman–Crippen MR) is 189 cm³/mol. The number of para-hydroxylation sites is 3. The van der Waals surface area contributed by atoms with E-state index in [2.05, 4.69) is 130 Å². The average Bonchev–Trinajstić information content (AvgIpc) is 3.43. The Balaban J connectivity index is 1.23. The van der Waals surface area contributed by atoms with Crippen molar-refractivity contribution in [2.75, 3.05) is 0 Å². The van der Waals surface area contributed by atoms with Gasteiger partial charge in [-0.15, -0.1) is 0 Å². The average molecular weight is 590 g/mol. The highest BCUT2D eigenvalue weighted by atomic mass is 16.3. The van der Waals surface area contributed by atoms with Gasteiger partial charge in [-0.05, 0) is 89.4 Å². The summed E-state index contributed by atoms with van der Waals surface area (Å²) in [4.78, 5) is 4.98. The van der Waals surface area contributed by atoms with E-state index in [-0.39, 0.29) is 0 Å². The first-order valence-corrected chi connectivity index (χ1v) is 16.0. The molecule has 0 saturated heterocycles. The molecule has 2 aliphatic rings. The van der Waals surface area contributed by atoms with E-state index < -0.39 is 0 Å². The first-order valence-electron chi connectivity index (χ1n) is 16.0. The van der Waals surface area contributed by atoms with Gasteiger partial charge in [0.2, 0.25) is 0 Å². The molecular formula is C42H27N3O. The first kappa shape index (κ1) is 24.5. The maximum Gasteiger partial charge on any atom is 0.145 e. The summed E-state index contributed by atoms with van der Waals surface area (Å²) in [6, 6.07) is 41.3. The normalized spacial score (nSPS) is 17.5. The van der Waals surface area contributed by atoms with Gasteiger partial charge in [-0.25, -0.2) is 4.98 Å². The van der Waals surface area contributed by atoms with Gasteiger partial charge in [0.05, 0.1) is 27.5 Å². The first-order chi connectivity index (χ1) is 22.8. The van der Waals surface area contributed by atoms with Crippen molar-refractivity contribution in [1.29, 1.82) is 0 Å². The lowest BCUT2D eigenvalue weighted by Crippen LogP contribution is -1.98. The number of furan rings is 1. The fraction of sp³-hybridized carbons (Fsp3) is 0.0714. The van der Waals surface area contributed by atoms with E-state index >= 15 is 0 Å². The Morgan fingerprint density at radius 2 is 1.48 bits per heavy atom. The van der Waals surface area contributed by atoms with Gasteiger partial charge in [0.25, 0.3) is 0 Å². The molecule has 4 heteroatoms. The third kappa shape index (κ3) is 3.30. The van der Waals surface area contributed by atoms with Gasteiger partial charge in [-0.2, -0.15) is 0 Å². The lowest BCUT2D eigenvalue weighted by atomic mass is 9.94. The Morgan fingerprint density at radius 1 is 0.674 bits per heavy atom. The van der Waals surface area contributed by atoms with Crippen LogP contribution >= 0.6 is 0 Å². The molecule has 1 saturated carbocycles. The van der Waals surface area contributed by atoms with Gasteiger partial charge in [0.1, 0.15) is 17.5 Å². The Hall–Kier alpha value is -5.87. The SMILES string of the molecule is C1=CC2CC2C=C1n1c2ccccc2c2cc(-c3cc4ncn(-c5ccccc5)c4c4c3ccc3c5ccccc5oc34)ccc21. The summed E-state index contributed by atoms with van der Waals surface area (Å²) in [5.74, 6) is 1.41. The zero-order valence-corrected chi connectivity index (χ0v) is 24.9. The van der Waals surface area contributed by atoms with Crippen LogP contribution in [0.2, 0.25) is 0 Å². The molecule has 3 heterocycles. The number of hydrogen-bond donors (Lipinski definition) is 0. The Labute approximate surface area is 264 Å². The van der Waals surface area contributed by atoms with Gasteiger partial charge in [-0.3, -0.25) is 4.57 Å². The Kier molecular flexibility index (Phi) is 4.71. The molecule has 0 radical (unpaired) electrons. The molecule has 2 atom stereocenters. The van der Waals surface area contributed by atoms with Crippen molar-refractivity contribution in [3.05, 3.63) is 140 Å². The fourth-order valence-electron chi connectivity index (χ4n) is 7.92. The second kappa shape index (κ2) is 8.86. The number of allylic oxidation sites excluding steroid dienone is 4. The molecule has 46 heavy (non-hydrogen) atoms. The molecule has 0 N–H and O–H groups in total. The minimum absolute atomic E-state index is 0.680. The van der Waals surface area contributed by atoms with Crippen LogP contribution in [0.4, 0.5) is 0 Å². The summed E-state index contributed by atoms with van der Waals surface area (Å²) in [5, 5.41) is 7.01. The molecule has 2 aliphatic carbocycles. The number of aromatic nitrogens is 3. The van der Waals surface area contributed by atoms with Crippen LogP contribution in [-0.2, 0) is 0 Å². The van der Waals surface area contributed by atoms with E-state index in [9.17, 15) is 0 Å². The molecule has 2 unspecified atom stereocenters. The van der Waals surface area contributed by atoms with Gasteiger partial charge < -0.3 is 8.98 Å². The Bertz CT molecular complexity index is 2790. The van der Waals surface area contributed by atoms with Crippen LogP contribution in [0.1, 0.15) is 6.42 Å². The third-order valence-electron chi connectivity index (χ3n) is 10.2. The van der Waals surface area contributed by atoms with Crippen LogP contribution in [0.3, 0.4) is 0 Å². The molecule has 0 aliphatic heterocycles. The number of imidazole rings is 1. The van der Waals surface area contributed by atoms with Crippen molar-refractivity contribution in [3.63, 3.8) is 0 Å². The van der Waals surface area contributed by atoms with Crippen LogP contribution < -0.4 is 0 Å². The molecule has 0 bridgehead atoms. The molecule has 0 spiro atoms. The number of hydrogen-bond acceptors (Lipinski definition) is 2. The molecule has 6 aromatic carbocycles. The second-order valence-electron chi connectivity index (χ2n) is 12.8. The quantitative estimate of drug-likeness (QED) is 0.205. The third-order valence-corrected chi connectivity index (χ3v) is 10.2. The fourth-order valence-corrected chi connectivity index (χ4v) is 7.92. The zero-order valence-electron chi connectivity index (χ0n) is 24.9. The van der Waals surface area contributed by atoms with Gasteiger partial charge in [-0.1, -0.05) is 78.9 Å². The highest BCUT2D eigenvalue weighted by Crippen LogP contribution is 2.47. The minimum Gasteiger partial charge on any atom is -0.455 e. The number of benzene rings is 6. The molecule has 1 fully saturated rings. The van der Waals surface area contributed by atoms with E-state index in [1.54, 1.807) is 0 Å². The topological polar surface area (TPSA) is 35.9 Å². The zero-order chi connectivity index (χ0) is 29.9. The van der Waals surface area contributed by atoms with E-state index in [4.69, 9.17) is 9.40 Å².